The van der Waals surface area contributed by atoms with E-state index in [1.54, 1.807) is 12.5 Å². The lowest BCUT2D eigenvalue weighted by Crippen LogP contribution is -2.26. The van der Waals surface area contributed by atoms with Crippen LogP contribution < -0.4 is 5.32 Å². The van der Waals surface area contributed by atoms with Gasteiger partial charge in [-0.15, -0.1) is 5.10 Å². The van der Waals surface area contributed by atoms with Gasteiger partial charge in [0.15, 0.2) is 5.58 Å². The Labute approximate surface area is 207 Å². The minimum atomic E-state index is 0.546. The van der Waals surface area contributed by atoms with Crippen LogP contribution in [0.25, 0.3) is 33.7 Å². The lowest BCUT2D eigenvalue weighted by atomic mass is 9.85. The highest BCUT2D eigenvalue weighted by Gasteiger charge is 2.16. The topological polar surface area (TPSA) is 91.0 Å². The van der Waals surface area contributed by atoms with E-state index in [4.69, 9.17) is 9.40 Å². The van der Waals surface area contributed by atoms with Gasteiger partial charge in [-0.25, -0.2) is 9.67 Å². The first-order valence-electron chi connectivity index (χ1n) is 12.4. The van der Waals surface area contributed by atoms with Gasteiger partial charge in [-0.2, -0.15) is 0 Å². The molecule has 0 saturated heterocycles. The number of imidazole rings is 1. The number of furan rings is 1. The van der Waals surface area contributed by atoms with Gasteiger partial charge in [0.25, 0.3) is 0 Å². The van der Waals surface area contributed by atoms with Crippen LogP contribution >= 0.6 is 0 Å². The third-order valence-corrected chi connectivity index (χ3v) is 7.02. The van der Waals surface area contributed by atoms with Crippen LogP contribution in [0.15, 0.2) is 78.2 Å². The zero-order chi connectivity index (χ0) is 23.9. The standard InChI is InChI=1S/C27H26N8O/c1-2-19(3-1)11-28-12-20-4-5-27-30-22(16-33(27)15-20)17-34-18-24(31-32-34)21-10-23(14-29-13-21)35-8-6-26-25(35)7-9-36-26/h4-10,13-16,18-19,28H,1-3,11-12,17H2. The largest absolute Gasteiger partial charge is 0.463 e. The normalized spacial score (nSPS) is 14.1. The zero-order valence-corrected chi connectivity index (χ0v) is 19.8. The van der Waals surface area contributed by atoms with Crippen molar-refractivity contribution in [2.24, 2.45) is 5.92 Å². The van der Waals surface area contributed by atoms with Gasteiger partial charge in [-0.05, 0) is 49.1 Å². The van der Waals surface area contributed by atoms with Crippen LogP contribution in [0.4, 0.5) is 0 Å². The average molecular weight is 479 g/mol. The second kappa shape index (κ2) is 8.76. The predicted octanol–water partition coefficient (Wildman–Crippen LogP) is 4.46. The second-order valence-corrected chi connectivity index (χ2v) is 9.55. The lowest BCUT2D eigenvalue weighted by Gasteiger charge is -2.25. The molecular weight excluding hydrogens is 452 g/mol. The fraction of sp³-hybridized carbons (Fsp3) is 0.259. The first-order valence-corrected chi connectivity index (χ1v) is 12.4. The van der Waals surface area contributed by atoms with Crippen molar-refractivity contribution in [3.63, 3.8) is 0 Å². The maximum atomic E-state index is 5.48. The maximum absolute atomic E-state index is 5.48. The van der Waals surface area contributed by atoms with E-state index in [2.05, 4.69) is 55.6 Å². The van der Waals surface area contributed by atoms with Crippen molar-refractivity contribution in [1.29, 1.82) is 0 Å². The molecule has 180 valence electrons. The number of nitrogens with zero attached hydrogens (tertiary/aromatic N) is 7. The number of hydrogen-bond donors (Lipinski definition) is 1. The van der Waals surface area contributed by atoms with E-state index < -0.39 is 0 Å². The van der Waals surface area contributed by atoms with Gasteiger partial charge in [0.1, 0.15) is 11.3 Å². The Hall–Kier alpha value is -4.24. The summed E-state index contributed by atoms with van der Waals surface area (Å²) in [6.45, 7) is 2.54. The van der Waals surface area contributed by atoms with Gasteiger partial charge in [-0.1, -0.05) is 17.7 Å². The third-order valence-electron chi connectivity index (χ3n) is 7.02. The monoisotopic (exact) mass is 478 g/mol. The van der Waals surface area contributed by atoms with E-state index in [1.807, 2.05) is 40.0 Å². The molecule has 0 unspecified atom stereocenters. The first-order chi connectivity index (χ1) is 17.8. The maximum Gasteiger partial charge on any atom is 0.152 e. The van der Waals surface area contributed by atoms with Gasteiger partial charge in [-0.3, -0.25) is 4.98 Å². The van der Waals surface area contributed by atoms with E-state index in [0.717, 1.165) is 58.4 Å². The van der Waals surface area contributed by atoms with Crippen molar-refractivity contribution in [1.82, 2.24) is 39.2 Å². The van der Waals surface area contributed by atoms with E-state index in [1.165, 1.54) is 24.8 Å². The Morgan fingerprint density at radius 1 is 1.06 bits per heavy atom. The summed E-state index contributed by atoms with van der Waals surface area (Å²) >= 11 is 0. The summed E-state index contributed by atoms with van der Waals surface area (Å²) in [5.74, 6) is 0.862. The number of pyridine rings is 2. The smallest absolute Gasteiger partial charge is 0.152 e. The van der Waals surface area contributed by atoms with Crippen molar-refractivity contribution in [2.45, 2.75) is 32.4 Å². The highest BCUT2D eigenvalue weighted by atomic mass is 16.3. The molecule has 1 aliphatic rings. The van der Waals surface area contributed by atoms with E-state index >= 15 is 0 Å². The fourth-order valence-electron chi connectivity index (χ4n) is 4.85. The number of hydrogen-bond acceptors (Lipinski definition) is 6. The fourth-order valence-corrected chi connectivity index (χ4v) is 4.85. The van der Waals surface area contributed by atoms with E-state index in [9.17, 15) is 0 Å². The minimum absolute atomic E-state index is 0.546. The summed E-state index contributed by atoms with van der Waals surface area (Å²) < 4.78 is 11.4. The third kappa shape index (κ3) is 3.97. The Morgan fingerprint density at radius 2 is 2.03 bits per heavy atom. The molecule has 0 atom stereocenters. The highest BCUT2D eigenvalue weighted by molar-refractivity contribution is 5.76. The minimum Gasteiger partial charge on any atom is -0.463 e. The molecule has 0 aliphatic heterocycles. The predicted molar refractivity (Wildman–Crippen MR) is 136 cm³/mol. The molecule has 1 N–H and O–H groups in total. The van der Waals surface area contributed by atoms with Crippen LogP contribution in [0.3, 0.4) is 0 Å². The van der Waals surface area contributed by atoms with E-state index in [-0.39, 0.29) is 0 Å². The number of nitrogens with one attached hydrogen (secondary N) is 1. The SMILES string of the molecule is c1cc2c(ccn2-c2cncc(-c3cn(Cc4cn5cc(CNCC6CCC6)ccc5n4)nn3)c2)o1. The van der Waals surface area contributed by atoms with Crippen molar-refractivity contribution >= 4 is 16.7 Å². The Balaban J connectivity index is 1.07. The molecule has 0 radical (unpaired) electrons. The molecule has 6 heterocycles. The Morgan fingerprint density at radius 3 is 2.94 bits per heavy atom. The number of rotatable bonds is 8. The molecule has 1 fully saturated rings. The Bertz CT molecular complexity index is 1650. The molecule has 9 nitrogen and oxygen atoms in total. The molecule has 36 heavy (non-hydrogen) atoms. The van der Waals surface area contributed by atoms with Crippen LogP contribution in [0.2, 0.25) is 0 Å². The quantitative estimate of drug-likeness (QED) is 0.347. The van der Waals surface area contributed by atoms with E-state index in [0.29, 0.717) is 6.54 Å². The van der Waals surface area contributed by atoms with Gasteiger partial charge in [0, 0.05) is 43.0 Å². The summed E-state index contributed by atoms with van der Waals surface area (Å²) in [6, 6.07) is 10.2. The zero-order valence-electron chi connectivity index (χ0n) is 19.8. The van der Waals surface area contributed by atoms with Crippen LogP contribution in [-0.4, -0.2) is 40.5 Å². The summed E-state index contributed by atoms with van der Waals surface area (Å²) in [7, 11) is 0. The lowest BCUT2D eigenvalue weighted by molar-refractivity contribution is 0.301. The van der Waals surface area contributed by atoms with Crippen molar-refractivity contribution < 1.29 is 4.42 Å². The molecule has 0 bridgehead atoms. The summed E-state index contributed by atoms with van der Waals surface area (Å²) in [5, 5.41) is 12.3. The second-order valence-electron chi connectivity index (χ2n) is 9.55. The summed E-state index contributed by atoms with van der Waals surface area (Å²) in [4.78, 5) is 9.19. The van der Waals surface area contributed by atoms with Gasteiger partial charge < -0.3 is 18.7 Å². The van der Waals surface area contributed by atoms with Crippen LogP contribution in [-0.2, 0) is 13.1 Å². The molecule has 7 rings (SSSR count). The van der Waals surface area contributed by atoms with Crippen LogP contribution in [0, 0.1) is 5.92 Å². The molecule has 6 aromatic heterocycles. The molecule has 1 saturated carbocycles. The van der Waals surface area contributed by atoms with Crippen molar-refractivity contribution in [2.75, 3.05) is 6.54 Å². The summed E-state index contributed by atoms with van der Waals surface area (Å²) in [5.41, 5.74) is 7.59. The number of aromatic nitrogens is 7. The van der Waals surface area contributed by atoms with Crippen molar-refractivity contribution in [3.8, 4) is 16.9 Å². The molecule has 9 heteroatoms. The Kier molecular flexibility index (Phi) is 5.13. The van der Waals surface area contributed by atoms with Gasteiger partial charge in [0.2, 0.25) is 0 Å². The van der Waals surface area contributed by atoms with Crippen LogP contribution in [0.1, 0.15) is 30.5 Å². The van der Waals surface area contributed by atoms with Gasteiger partial charge in [0.05, 0.1) is 42.1 Å². The summed E-state index contributed by atoms with van der Waals surface area (Å²) in [6.07, 6.45) is 17.6. The average Bonchev–Trinajstić information content (AvgIpc) is 3.64. The van der Waals surface area contributed by atoms with Crippen molar-refractivity contribution in [3.05, 3.63) is 85.0 Å². The van der Waals surface area contributed by atoms with Crippen LogP contribution in [0.5, 0.6) is 0 Å². The molecule has 0 amide bonds. The molecular formula is C27H26N8O. The van der Waals surface area contributed by atoms with Gasteiger partial charge >= 0.3 is 0 Å². The highest BCUT2D eigenvalue weighted by Crippen LogP contribution is 2.26. The molecule has 0 spiro atoms. The number of fused-ring (bicyclic) bond motifs is 2. The molecule has 6 aromatic rings. The molecule has 0 aromatic carbocycles. The first kappa shape index (κ1) is 21.1. The molecule has 1 aliphatic carbocycles.